The van der Waals surface area contributed by atoms with Crippen LogP contribution in [0, 0.1) is 0 Å². The molecule has 1 N–H and O–H groups in total. The highest BCUT2D eigenvalue weighted by Crippen LogP contribution is 2.12. The summed E-state index contributed by atoms with van der Waals surface area (Å²) in [5, 5.41) is 2.62. The molecule has 0 fully saturated rings. The smallest absolute Gasteiger partial charge is 0.413 e. The van der Waals surface area contributed by atoms with Crippen molar-refractivity contribution in [1.82, 2.24) is 4.98 Å². The van der Waals surface area contributed by atoms with Crippen LogP contribution >= 0.6 is 0 Å². The Morgan fingerprint density at radius 2 is 2.18 bits per heavy atom. The summed E-state index contributed by atoms with van der Waals surface area (Å²) in [5.74, 6) is 0.533. The van der Waals surface area contributed by atoms with E-state index in [2.05, 4.69) is 17.2 Å². The molecule has 0 aromatic carbocycles. The maximum Gasteiger partial charge on any atom is 0.413 e. The van der Waals surface area contributed by atoms with Crippen LogP contribution in [0.15, 0.2) is 18.3 Å². The van der Waals surface area contributed by atoms with E-state index in [1.54, 1.807) is 6.20 Å². The maximum absolute atomic E-state index is 11.5. The van der Waals surface area contributed by atoms with E-state index in [4.69, 9.17) is 4.74 Å². The first-order valence-corrected chi connectivity index (χ1v) is 5.85. The minimum Gasteiger partial charge on any atom is -0.444 e. The highest BCUT2D eigenvalue weighted by atomic mass is 16.6. The molecule has 4 heteroatoms. The highest BCUT2D eigenvalue weighted by Gasteiger charge is 2.16. The van der Waals surface area contributed by atoms with Crippen molar-refractivity contribution in [2.24, 2.45) is 0 Å². The van der Waals surface area contributed by atoms with Gasteiger partial charge in [-0.15, -0.1) is 0 Å². The SMILES string of the molecule is CCCc1ccnc(NC(=O)OC(C)(C)C)c1. The predicted molar refractivity (Wildman–Crippen MR) is 68.1 cm³/mol. The van der Waals surface area contributed by atoms with E-state index in [1.165, 1.54) is 0 Å². The number of ether oxygens (including phenoxy) is 1. The van der Waals surface area contributed by atoms with Gasteiger partial charge in [-0.2, -0.15) is 0 Å². The number of carbonyl (C=O) groups excluding carboxylic acids is 1. The molecule has 17 heavy (non-hydrogen) atoms. The Morgan fingerprint density at radius 1 is 1.47 bits per heavy atom. The topological polar surface area (TPSA) is 51.2 Å². The number of carbonyl (C=O) groups is 1. The minimum absolute atomic E-state index is 0.473. The molecule has 94 valence electrons. The molecular formula is C13H20N2O2. The third-order valence-corrected chi connectivity index (χ3v) is 1.99. The van der Waals surface area contributed by atoms with Gasteiger partial charge in [-0.25, -0.2) is 9.78 Å². The lowest BCUT2D eigenvalue weighted by Gasteiger charge is -2.19. The molecule has 0 unspecified atom stereocenters. The van der Waals surface area contributed by atoms with Gasteiger partial charge in [-0.05, 0) is 44.9 Å². The quantitative estimate of drug-likeness (QED) is 0.875. The average Bonchev–Trinajstić information content (AvgIpc) is 2.15. The summed E-state index contributed by atoms with van der Waals surface area (Å²) in [6.45, 7) is 7.59. The third-order valence-electron chi connectivity index (χ3n) is 1.99. The molecule has 0 saturated heterocycles. The average molecular weight is 236 g/mol. The van der Waals surface area contributed by atoms with Crippen LogP contribution in [-0.4, -0.2) is 16.7 Å². The van der Waals surface area contributed by atoms with Crippen molar-refractivity contribution in [2.45, 2.75) is 46.1 Å². The first kappa shape index (κ1) is 13.5. The molecule has 0 saturated carbocycles. The standard InChI is InChI=1S/C13H20N2O2/c1-5-6-10-7-8-14-11(9-10)15-12(16)17-13(2,3)4/h7-9H,5-6H2,1-4H3,(H,14,15,16). The van der Waals surface area contributed by atoms with Gasteiger partial charge < -0.3 is 4.74 Å². The zero-order chi connectivity index (χ0) is 12.9. The molecule has 1 rings (SSSR count). The zero-order valence-electron chi connectivity index (χ0n) is 10.9. The largest absolute Gasteiger partial charge is 0.444 e. The molecule has 0 aliphatic rings. The van der Waals surface area contributed by atoms with Gasteiger partial charge in [0.15, 0.2) is 0 Å². The highest BCUT2D eigenvalue weighted by molar-refractivity contribution is 5.83. The Kier molecular flexibility index (Phi) is 4.49. The lowest BCUT2D eigenvalue weighted by Crippen LogP contribution is -2.27. The summed E-state index contributed by atoms with van der Waals surface area (Å²) in [6.07, 6.45) is 3.26. The van der Waals surface area contributed by atoms with Gasteiger partial charge in [-0.3, -0.25) is 5.32 Å². The van der Waals surface area contributed by atoms with E-state index in [0.29, 0.717) is 5.82 Å². The Bertz CT molecular complexity index is 383. The number of aryl methyl sites for hydroxylation is 1. The van der Waals surface area contributed by atoms with Crippen molar-refractivity contribution in [2.75, 3.05) is 5.32 Å². The van der Waals surface area contributed by atoms with Crippen LogP contribution < -0.4 is 5.32 Å². The molecule has 1 aromatic heterocycles. The van der Waals surface area contributed by atoms with E-state index in [0.717, 1.165) is 18.4 Å². The number of anilines is 1. The molecule has 1 heterocycles. The van der Waals surface area contributed by atoms with Crippen LogP contribution in [0.25, 0.3) is 0 Å². The van der Waals surface area contributed by atoms with E-state index < -0.39 is 11.7 Å². The molecule has 1 amide bonds. The second-order valence-corrected chi connectivity index (χ2v) is 4.93. The minimum atomic E-state index is -0.495. The van der Waals surface area contributed by atoms with Crippen LogP contribution in [-0.2, 0) is 11.2 Å². The number of amides is 1. The first-order chi connectivity index (χ1) is 7.90. The molecule has 0 spiro atoms. The van der Waals surface area contributed by atoms with Gasteiger partial charge >= 0.3 is 6.09 Å². The Balaban J connectivity index is 2.62. The van der Waals surface area contributed by atoms with Gasteiger partial charge in [-0.1, -0.05) is 13.3 Å². The van der Waals surface area contributed by atoms with Gasteiger partial charge in [0.2, 0.25) is 0 Å². The summed E-state index contributed by atoms with van der Waals surface area (Å²) in [6, 6.07) is 3.82. The van der Waals surface area contributed by atoms with Crippen molar-refractivity contribution in [3.63, 3.8) is 0 Å². The molecule has 0 radical (unpaired) electrons. The Labute approximate surface area is 102 Å². The van der Waals surface area contributed by atoms with Crippen LogP contribution in [0.3, 0.4) is 0 Å². The predicted octanol–water partition coefficient (Wildman–Crippen LogP) is 3.38. The number of pyridine rings is 1. The summed E-state index contributed by atoms with van der Waals surface area (Å²) < 4.78 is 5.15. The Morgan fingerprint density at radius 3 is 2.76 bits per heavy atom. The lowest BCUT2D eigenvalue weighted by atomic mass is 10.1. The van der Waals surface area contributed by atoms with Crippen molar-refractivity contribution in [3.8, 4) is 0 Å². The van der Waals surface area contributed by atoms with Crippen molar-refractivity contribution in [1.29, 1.82) is 0 Å². The zero-order valence-corrected chi connectivity index (χ0v) is 10.9. The normalized spacial score (nSPS) is 11.1. The number of hydrogen-bond donors (Lipinski definition) is 1. The fraction of sp³-hybridized carbons (Fsp3) is 0.538. The number of aromatic nitrogens is 1. The third kappa shape index (κ3) is 5.33. The fourth-order valence-corrected chi connectivity index (χ4v) is 1.40. The Hall–Kier alpha value is -1.58. The maximum atomic E-state index is 11.5. The van der Waals surface area contributed by atoms with Crippen LogP contribution in [0.5, 0.6) is 0 Å². The van der Waals surface area contributed by atoms with E-state index >= 15 is 0 Å². The summed E-state index contributed by atoms with van der Waals surface area (Å²) in [7, 11) is 0. The fourth-order valence-electron chi connectivity index (χ4n) is 1.40. The number of nitrogens with zero attached hydrogens (tertiary/aromatic N) is 1. The molecular weight excluding hydrogens is 216 g/mol. The summed E-state index contributed by atoms with van der Waals surface area (Å²) in [4.78, 5) is 15.6. The van der Waals surface area contributed by atoms with E-state index in [1.807, 2.05) is 32.9 Å². The second kappa shape index (κ2) is 5.66. The molecule has 0 atom stereocenters. The monoisotopic (exact) mass is 236 g/mol. The molecule has 4 nitrogen and oxygen atoms in total. The lowest BCUT2D eigenvalue weighted by molar-refractivity contribution is 0.0635. The van der Waals surface area contributed by atoms with Crippen LogP contribution in [0.1, 0.15) is 39.7 Å². The van der Waals surface area contributed by atoms with Gasteiger partial charge in [0, 0.05) is 6.20 Å². The second-order valence-electron chi connectivity index (χ2n) is 4.93. The van der Waals surface area contributed by atoms with Gasteiger partial charge in [0.1, 0.15) is 11.4 Å². The van der Waals surface area contributed by atoms with Crippen molar-refractivity contribution >= 4 is 11.9 Å². The molecule has 0 aliphatic heterocycles. The van der Waals surface area contributed by atoms with E-state index in [-0.39, 0.29) is 0 Å². The molecule has 1 aromatic rings. The summed E-state index contributed by atoms with van der Waals surface area (Å²) in [5.41, 5.74) is 0.666. The first-order valence-electron chi connectivity index (χ1n) is 5.85. The van der Waals surface area contributed by atoms with E-state index in [9.17, 15) is 4.79 Å². The number of hydrogen-bond acceptors (Lipinski definition) is 3. The van der Waals surface area contributed by atoms with Crippen LogP contribution in [0.2, 0.25) is 0 Å². The summed E-state index contributed by atoms with van der Waals surface area (Å²) >= 11 is 0. The molecule has 0 aliphatic carbocycles. The molecule has 0 bridgehead atoms. The van der Waals surface area contributed by atoms with Crippen LogP contribution in [0.4, 0.5) is 10.6 Å². The van der Waals surface area contributed by atoms with Crippen molar-refractivity contribution in [3.05, 3.63) is 23.9 Å². The van der Waals surface area contributed by atoms with Gasteiger partial charge in [0.25, 0.3) is 0 Å². The number of rotatable bonds is 3. The van der Waals surface area contributed by atoms with Crippen molar-refractivity contribution < 1.29 is 9.53 Å². The number of nitrogens with one attached hydrogen (secondary N) is 1. The van der Waals surface area contributed by atoms with Gasteiger partial charge in [0.05, 0.1) is 0 Å².